The van der Waals surface area contributed by atoms with Gasteiger partial charge in [-0.05, 0) is 19.1 Å². The van der Waals surface area contributed by atoms with Gasteiger partial charge in [0, 0.05) is 0 Å². The van der Waals surface area contributed by atoms with Crippen molar-refractivity contribution in [2.45, 2.75) is 25.6 Å². The number of aliphatic hydroxyl groups is 2. The zero-order valence-corrected chi connectivity index (χ0v) is 10.7. The van der Waals surface area contributed by atoms with E-state index < -0.39 is 41.0 Å². The van der Waals surface area contributed by atoms with Crippen molar-refractivity contribution in [2.24, 2.45) is 0 Å². The molecule has 1 aromatic rings. The number of esters is 1. The van der Waals surface area contributed by atoms with Crippen LogP contribution in [0.4, 0.5) is 10.1 Å². The van der Waals surface area contributed by atoms with Gasteiger partial charge in [0.15, 0.2) is 0 Å². The van der Waals surface area contributed by atoms with Crippen molar-refractivity contribution in [1.82, 2.24) is 0 Å². The van der Waals surface area contributed by atoms with Crippen LogP contribution in [0.5, 0.6) is 0 Å². The van der Waals surface area contributed by atoms with Crippen molar-refractivity contribution < 1.29 is 29.1 Å². The Morgan fingerprint density at radius 3 is 2.70 bits per heavy atom. The van der Waals surface area contributed by atoms with Gasteiger partial charge in [-0.2, -0.15) is 0 Å². The molecule has 8 heteroatoms. The lowest BCUT2D eigenvalue weighted by Gasteiger charge is -2.17. The fraction of sp³-hybridized carbons (Fsp3) is 0.417. The number of hydrogen-bond acceptors (Lipinski definition) is 6. The largest absolute Gasteiger partial charge is 0.466 e. The zero-order chi connectivity index (χ0) is 15.3. The Balaban J connectivity index is 2.93. The molecule has 0 bridgehead atoms. The molecule has 0 amide bonds. The smallest absolute Gasteiger partial charge is 0.308 e. The fourth-order valence-electron chi connectivity index (χ4n) is 1.63. The third-order valence-corrected chi connectivity index (χ3v) is 2.55. The molecular formula is C12H14FNO6. The first-order valence-electron chi connectivity index (χ1n) is 5.82. The number of hydrogen-bond donors (Lipinski definition) is 2. The van der Waals surface area contributed by atoms with Crippen LogP contribution in [0.25, 0.3) is 0 Å². The molecule has 0 aliphatic rings. The van der Waals surface area contributed by atoms with Crippen molar-refractivity contribution in [3.63, 3.8) is 0 Å². The molecule has 1 aromatic carbocycles. The van der Waals surface area contributed by atoms with E-state index in [-0.39, 0.29) is 12.2 Å². The summed E-state index contributed by atoms with van der Waals surface area (Å²) in [6, 6.07) is 2.55. The quantitative estimate of drug-likeness (QED) is 0.460. The lowest BCUT2D eigenvalue weighted by atomic mass is 10.0. The molecule has 110 valence electrons. The molecule has 2 unspecified atom stereocenters. The van der Waals surface area contributed by atoms with Crippen LogP contribution in [0.1, 0.15) is 25.0 Å². The maximum absolute atomic E-state index is 13.0. The molecule has 0 radical (unpaired) electrons. The van der Waals surface area contributed by atoms with Crippen molar-refractivity contribution in [3.8, 4) is 0 Å². The van der Waals surface area contributed by atoms with Gasteiger partial charge < -0.3 is 14.9 Å². The minimum atomic E-state index is -1.69. The predicted molar refractivity (Wildman–Crippen MR) is 65.3 cm³/mol. The lowest BCUT2D eigenvalue weighted by molar-refractivity contribution is -0.386. The molecule has 2 N–H and O–H groups in total. The van der Waals surface area contributed by atoms with Gasteiger partial charge in [0.1, 0.15) is 11.9 Å². The number of rotatable bonds is 6. The Morgan fingerprint density at radius 1 is 1.50 bits per heavy atom. The number of carbonyl (C=O) groups is 1. The number of halogens is 1. The Labute approximate surface area is 113 Å². The second-order valence-corrected chi connectivity index (χ2v) is 3.98. The summed E-state index contributed by atoms with van der Waals surface area (Å²) in [5, 5.41) is 30.3. The zero-order valence-electron chi connectivity index (χ0n) is 10.7. The second kappa shape index (κ2) is 6.92. The monoisotopic (exact) mass is 287 g/mol. The maximum atomic E-state index is 13.0. The number of nitro groups is 1. The number of carbonyl (C=O) groups excluding carboxylic acids is 1. The van der Waals surface area contributed by atoms with E-state index in [0.29, 0.717) is 6.07 Å². The number of benzene rings is 1. The van der Waals surface area contributed by atoms with Crippen LogP contribution in [-0.4, -0.2) is 33.8 Å². The first-order chi connectivity index (χ1) is 9.36. The van der Waals surface area contributed by atoms with Gasteiger partial charge in [-0.3, -0.25) is 14.9 Å². The molecule has 0 saturated carbocycles. The Kier molecular flexibility index (Phi) is 5.53. The molecule has 0 spiro atoms. The Hall–Kier alpha value is -2.06. The van der Waals surface area contributed by atoms with Crippen LogP contribution in [-0.2, 0) is 9.53 Å². The molecule has 0 aromatic heterocycles. The summed E-state index contributed by atoms with van der Waals surface area (Å²) in [6.07, 6.45) is -3.80. The summed E-state index contributed by atoms with van der Waals surface area (Å²) in [7, 11) is 0. The van der Waals surface area contributed by atoms with Crippen molar-refractivity contribution in [2.75, 3.05) is 6.61 Å². The van der Waals surface area contributed by atoms with Crippen LogP contribution < -0.4 is 0 Å². The van der Waals surface area contributed by atoms with Crippen molar-refractivity contribution in [1.29, 1.82) is 0 Å². The fourth-order valence-corrected chi connectivity index (χ4v) is 1.63. The normalized spacial score (nSPS) is 13.6. The summed E-state index contributed by atoms with van der Waals surface area (Å²) in [5.41, 5.74) is -0.936. The average molecular weight is 287 g/mol. The molecule has 0 saturated heterocycles. The van der Waals surface area contributed by atoms with E-state index in [1.807, 2.05) is 0 Å². The first kappa shape index (κ1) is 16.0. The molecule has 0 heterocycles. The van der Waals surface area contributed by atoms with Crippen LogP contribution in [0.3, 0.4) is 0 Å². The highest BCUT2D eigenvalue weighted by molar-refractivity contribution is 5.70. The van der Waals surface area contributed by atoms with Crippen LogP contribution in [0, 0.1) is 15.9 Å². The molecular weight excluding hydrogens is 273 g/mol. The van der Waals surface area contributed by atoms with E-state index in [0.717, 1.165) is 12.1 Å². The number of nitro benzene ring substituents is 1. The SMILES string of the molecule is CCOC(=O)CC(O)C(O)c1ccc(F)cc1[N+](=O)[O-]. The third kappa shape index (κ3) is 3.97. The highest BCUT2D eigenvalue weighted by Crippen LogP contribution is 2.29. The highest BCUT2D eigenvalue weighted by Gasteiger charge is 2.28. The average Bonchev–Trinajstić information content (AvgIpc) is 2.37. The number of nitrogens with zero attached hydrogens (tertiary/aromatic N) is 1. The van der Waals surface area contributed by atoms with Crippen LogP contribution in [0.15, 0.2) is 18.2 Å². The van der Waals surface area contributed by atoms with Gasteiger partial charge in [-0.1, -0.05) is 0 Å². The topological polar surface area (TPSA) is 110 Å². The van der Waals surface area contributed by atoms with Crippen molar-refractivity contribution in [3.05, 3.63) is 39.7 Å². The lowest BCUT2D eigenvalue weighted by Crippen LogP contribution is -2.23. The number of aliphatic hydroxyl groups excluding tert-OH is 2. The molecule has 0 aliphatic heterocycles. The molecule has 0 fully saturated rings. The minimum Gasteiger partial charge on any atom is -0.466 e. The maximum Gasteiger partial charge on any atom is 0.308 e. The summed E-state index contributed by atoms with van der Waals surface area (Å²) < 4.78 is 17.6. The number of ether oxygens (including phenoxy) is 1. The van der Waals surface area contributed by atoms with Gasteiger partial charge in [-0.25, -0.2) is 4.39 Å². The van der Waals surface area contributed by atoms with Crippen LogP contribution >= 0.6 is 0 Å². The van der Waals surface area contributed by atoms with E-state index in [1.54, 1.807) is 6.92 Å². The van der Waals surface area contributed by atoms with E-state index >= 15 is 0 Å². The van der Waals surface area contributed by atoms with Gasteiger partial charge in [0.05, 0.1) is 35.7 Å². The Morgan fingerprint density at radius 2 is 2.15 bits per heavy atom. The molecule has 2 atom stereocenters. The molecule has 0 aliphatic carbocycles. The van der Waals surface area contributed by atoms with Gasteiger partial charge in [-0.15, -0.1) is 0 Å². The standard InChI is InChI=1S/C12H14FNO6/c1-2-20-11(16)6-10(15)12(17)8-4-3-7(13)5-9(8)14(18)19/h3-5,10,12,15,17H,2,6H2,1H3. The van der Waals surface area contributed by atoms with E-state index in [9.17, 15) is 29.5 Å². The van der Waals surface area contributed by atoms with Gasteiger partial charge in [0.2, 0.25) is 0 Å². The second-order valence-electron chi connectivity index (χ2n) is 3.98. The van der Waals surface area contributed by atoms with Crippen molar-refractivity contribution >= 4 is 11.7 Å². The van der Waals surface area contributed by atoms with E-state index in [1.165, 1.54) is 0 Å². The minimum absolute atomic E-state index is 0.109. The van der Waals surface area contributed by atoms with Gasteiger partial charge in [0.25, 0.3) is 5.69 Å². The Bertz CT molecular complexity index is 507. The summed E-state index contributed by atoms with van der Waals surface area (Å²) in [4.78, 5) is 21.1. The highest BCUT2D eigenvalue weighted by atomic mass is 19.1. The van der Waals surface area contributed by atoms with E-state index in [2.05, 4.69) is 4.74 Å². The van der Waals surface area contributed by atoms with Gasteiger partial charge >= 0.3 is 5.97 Å². The summed E-state index contributed by atoms with van der Waals surface area (Å²) >= 11 is 0. The molecule has 7 nitrogen and oxygen atoms in total. The molecule has 20 heavy (non-hydrogen) atoms. The molecule has 1 rings (SSSR count). The van der Waals surface area contributed by atoms with E-state index in [4.69, 9.17) is 0 Å². The summed E-state index contributed by atoms with van der Waals surface area (Å²) in [6.45, 7) is 1.68. The first-order valence-corrected chi connectivity index (χ1v) is 5.82. The summed E-state index contributed by atoms with van der Waals surface area (Å²) in [5.74, 6) is -1.59. The third-order valence-electron chi connectivity index (χ3n) is 2.55. The predicted octanol–water partition coefficient (Wildman–Crippen LogP) is 1.08. The van der Waals surface area contributed by atoms with Crippen LogP contribution in [0.2, 0.25) is 0 Å².